The van der Waals surface area contributed by atoms with Crippen molar-refractivity contribution in [3.63, 3.8) is 0 Å². The molecule has 15 heteroatoms. The first-order valence-corrected chi connectivity index (χ1v) is 12.0. The standard InChI is InChI=1S/C18H34N3O11P/c1-7-12(15(22)23)21(6)16(19)20-33(26,31-13(8-2)29-17(24)27-10-4)32-14(9-3)30-18(25)28-11-5/h12-14H,7-11H2,1-6H3,(H,22,23)(H2,19,20,26). The molecular weight excluding hydrogens is 465 g/mol. The number of ether oxygens (including phenoxy) is 4. The topological polar surface area (TPSA) is 183 Å². The lowest BCUT2D eigenvalue weighted by Crippen LogP contribution is -2.47. The Hall–Kier alpha value is -2.57. The molecule has 0 spiro atoms. The summed E-state index contributed by atoms with van der Waals surface area (Å²) < 4.78 is 43.3. The number of carbonyl (C=O) groups is 3. The van der Waals surface area contributed by atoms with Crippen LogP contribution in [-0.4, -0.2) is 73.1 Å². The largest absolute Gasteiger partial charge is 0.510 e. The maximum Gasteiger partial charge on any atom is 0.510 e. The van der Waals surface area contributed by atoms with Crippen LogP contribution in [-0.2, 0) is 37.4 Å². The van der Waals surface area contributed by atoms with Gasteiger partial charge in [-0.2, -0.15) is 0 Å². The van der Waals surface area contributed by atoms with E-state index in [4.69, 9.17) is 23.9 Å². The minimum absolute atomic E-state index is 0.0131. The molecular formula is C18H34N3O11P. The van der Waals surface area contributed by atoms with Crippen LogP contribution in [0.4, 0.5) is 9.59 Å². The van der Waals surface area contributed by atoms with Crippen molar-refractivity contribution in [2.75, 3.05) is 20.3 Å². The highest BCUT2D eigenvalue weighted by molar-refractivity contribution is 7.52. The number of carboxylic acid groups (broad SMARTS) is 1. The van der Waals surface area contributed by atoms with Crippen LogP contribution in [0.1, 0.15) is 53.9 Å². The van der Waals surface area contributed by atoms with Gasteiger partial charge >= 0.3 is 26.0 Å². The van der Waals surface area contributed by atoms with Gasteiger partial charge in [0.25, 0.3) is 0 Å². The second kappa shape index (κ2) is 15.3. The molecule has 0 bridgehead atoms. The van der Waals surface area contributed by atoms with E-state index in [2.05, 4.69) is 14.6 Å². The Morgan fingerprint density at radius 2 is 1.33 bits per heavy atom. The van der Waals surface area contributed by atoms with Crippen molar-refractivity contribution in [2.45, 2.75) is 72.5 Å². The number of guanidine groups is 1. The van der Waals surface area contributed by atoms with Crippen LogP contribution < -0.4 is 5.09 Å². The zero-order chi connectivity index (χ0) is 25.6. The normalized spacial score (nSPS) is 15.2. The van der Waals surface area contributed by atoms with Crippen LogP contribution in [0.3, 0.4) is 0 Å². The van der Waals surface area contributed by atoms with E-state index in [9.17, 15) is 24.1 Å². The molecule has 0 aromatic rings. The van der Waals surface area contributed by atoms with Crippen molar-refractivity contribution < 1.29 is 52.1 Å². The van der Waals surface area contributed by atoms with Gasteiger partial charge in [-0.3, -0.25) is 19.5 Å². The van der Waals surface area contributed by atoms with Crippen molar-refractivity contribution in [3.8, 4) is 0 Å². The summed E-state index contributed by atoms with van der Waals surface area (Å²) in [6, 6.07) is -1.12. The van der Waals surface area contributed by atoms with Crippen LogP contribution in [0.2, 0.25) is 0 Å². The van der Waals surface area contributed by atoms with Gasteiger partial charge in [0, 0.05) is 19.9 Å². The SMILES string of the molecule is CCOC(=O)OC(CC)OP(=O)(NC(=N)N(C)C(CC)C(=O)O)OC(CC)OC(=O)OCC. The van der Waals surface area contributed by atoms with Crippen LogP contribution >= 0.6 is 7.75 Å². The minimum Gasteiger partial charge on any atom is -0.480 e. The molecule has 0 aliphatic carbocycles. The Morgan fingerprint density at radius 3 is 1.64 bits per heavy atom. The van der Waals surface area contributed by atoms with Crippen LogP contribution in [0.25, 0.3) is 0 Å². The third kappa shape index (κ3) is 11.2. The fourth-order valence-electron chi connectivity index (χ4n) is 2.24. The zero-order valence-corrected chi connectivity index (χ0v) is 20.6. The first-order valence-electron chi connectivity index (χ1n) is 10.4. The molecule has 0 radical (unpaired) electrons. The van der Waals surface area contributed by atoms with Gasteiger partial charge in [0.15, 0.2) is 0 Å². The Kier molecular flexibility index (Phi) is 14.1. The van der Waals surface area contributed by atoms with E-state index in [0.29, 0.717) is 0 Å². The molecule has 14 nitrogen and oxygen atoms in total. The first kappa shape index (κ1) is 30.4. The number of likely N-dealkylation sites (N-methyl/N-ethyl adjacent to an activating group) is 1. The average Bonchev–Trinajstić information content (AvgIpc) is 2.73. The van der Waals surface area contributed by atoms with E-state index in [-0.39, 0.29) is 32.5 Å². The summed E-state index contributed by atoms with van der Waals surface area (Å²) in [4.78, 5) is 35.7. The van der Waals surface area contributed by atoms with E-state index in [1.165, 1.54) is 7.05 Å². The van der Waals surface area contributed by atoms with Crippen molar-refractivity contribution in [3.05, 3.63) is 0 Å². The van der Waals surface area contributed by atoms with Crippen molar-refractivity contribution in [2.24, 2.45) is 0 Å². The van der Waals surface area contributed by atoms with E-state index < -0.39 is 50.6 Å². The molecule has 0 saturated heterocycles. The lowest BCUT2D eigenvalue weighted by molar-refractivity contribution is -0.141. The lowest BCUT2D eigenvalue weighted by atomic mass is 10.2. The summed E-state index contributed by atoms with van der Waals surface area (Å²) in [6.45, 7) is 7.86. The molecule has 3 unspecified atom stereocenters. The van der Waals surface area contributed by atoms with Gasteiger partial charge in [0.1, 0.15) is 6.04 Å². The molecule has 0 amide bonds. The zero-order valence-electron chi connectivity index (χ0n) is 19.7. The molecule has 192 valence electrons. The number of carboxylic acids is 1. The molecule has 0 saturated carbocycles. The molecule has 0 rings (SSSR count). The number of hydrogen-bond acceptors (Lipinski definition) is 11. The Bertz CT molecular complexity index is 672. The average molecular weight is 499 g/mol. The van der Waals surface area contributed by atoms with Gasteiger partial charge in [-0.1, -0.05) is 20.8 Å². The maximum atomic E-state index is 13.5. The number of aliphatic carboxylic acids is 1. The molecule has 0 fully saturated rings. The smallest absolute Gasteiger partial charge is 0.480 e. The molecule has 0 aliphatic heterocycles. The van der Waals surface area contributed by atoms with E-state index >= 15 is 0 Å². The fourth-order valence-corrected chi connectivity index (χ4v) is 3.82. The first-order chi connectivity index (χ1) is 15.5. The monoisotopic (exact) mass is 499 g/mol. The number of nitrogens with zero attached hydrogens (tertiary/aromatic N) is 1. The number of rotatable bonds is 14. The summed E-state index contributed by atoms with van der Waals surface area (Å²) in [6.07, 6.45) is -4.87. The van der Waals surface area contributed by atoms with Gasteiger partial charge < -0.3 is 29.0 Å². The van der Waals surface area contributed by atoms with Gasteiger partial charge in [-0.15, -0.1) is 0 Å². The van der Waals surface area contributed by atoms with Crippen LogP contribution in [0.5, 0.6) is 0 Å². The Balaban J connectivity index is 5.77. The van der Waals surface area contributed by atoms with Gasteiger partial charge in [0.2, 0.25) is 18.5 Å². The van der Waals surface area contributed by atoms with Crippen LogP contribution in [0.15, 0.2) is 0 Å². The van der Waals surface area contributed by atoms with Crippen molar-refractivity contribution >= 4 is 32.0 Å². The summed E-state index contributed by atoms with van der Waals surface area (Å²) in [7, 11) is -3.29. The molecule has 0 aliphatic rings. The third-order valence-electron chi connectivity index (χ3n) is 3.89. The molecule has 0 aromatic heterocycles. The highest BCUT2D eigenvalue weighted by Crippen LogP contribution is 2.47. The summed E-state index contributed by atoms with van der Waals surface area (Å²) in [5, 5.41) is 19.7. The van der Waals surface area contributed by atoms with Crippen molar-refractivity contribution in [1.29, 1.82) is 5.41 Å². The highest BCUT2D eigenvalue weighted by atomic mass is 31.2. The maximum absolute atomic E-state index is 13.5. The van der Waals surface area contributed by atoms with E-state index in [0.717, 1.165) is 4.90 Å². The predicted molar refractivity (Wildman–Crippen MR) is 114 cm³/mol. The number of nitrogens with one attached hydrogen (secondary N) is 2. The molecule has 0 aromatic carbocycles. The van der Waals surface area contributed by atoms with Crippen LogP contribution in [0, 0.1) is 5.41 Å². The molecule has 3 N–H and O–H groups in total. The molecule has 3 atom stereocenters. The third-order valence-corrected chi connectivity index (χ3v) is 5.40. The minimum atomic E-state index is -4.58. The fraction of sp³-hybridized carbons (Fsp3) is 0.778. The highest BCUT2D eigenvalue weighted by Gasteiger charge is 2.38. The van der Waals surface area contributed by atoms with Gasteiger partial charge in [-0.05, 0) is 20.3 Å². The summed E-state index contributed by atoms with van der Waals surface area (Å²) >= 11 is 0. The second-order valence-electron chi connectivity index (χ2n) is 6.32. The molecule has 33 heavy (non-hydrogen) atoms. The van der Waals surface area contributed by atoms with E-state index in [1.807, 2.05) is 0 Å². The Morgan fingerprint density at radius 1 is 0.909 bits per heavy atom. The van der Waals surface area contributed by atoms with Gasteiger partial charge in [0.05, 0.1) is 13.2 Å². The summed E-state index contributed by atoms with van der Waals surface area (Å²) in [5.41, 5.74) is 0. The van der Waals surface area contributed by atoms with Gasteiger partial charge in [-0.25, -0.2) is 18.9 Å². The van der Waals surface area contributed by atoms with E-state index in [1.54, 1.807) is 34.6 Å². The Labute approximate surface area is 192 Å². The second-order valence-corrected chi connectivity index (χ2v) is 7.96. The summed E-state index contributed by atoms with van der Waals surface area (Å²) in [5.74, 6) is -1.83. The number of hydrogen-bond donors (Lipinski definition) is 3. The number of carbonyl (C=O) groups excluding carboxylic acids is 2. The lowest BCUT2D eigenvalue weighted by Gasteiger charge is -2.31. The molecule has 0 heterocycles. The van der Waals surface area contributed by atoms with Crippen molar-refractivity contribution in [1.82, 2.24) is 9.99 Å². The quantitative estimate of drug-likeness (QED) is 0.104. The predicted octanol–water partition coefficient (Wildman–Crippen LogP) is 3.27.